The fourth-order valence-corrected chi connectivity index (χ4v) is 2.44. The molecule has 7 heteroatoms. The Kier molecular flexibility index (Phi) is 4.22. The molecule has 3 rings (SSSR count). The van der Waals surface area contributed by atoms with Gasteiger partial charge in [-0.2, -0.15) is 4.98 Å². The summed E-state index contributed by atoms with van der Waals surface area (Å²) in [7, 11) is 0. The first-order chi connectivity index (χ1) is 10.7. The number of hydrogen-bond donors (Lipinski definition) is 1. The highest BCUT2D eigenvalue weighted by molar-refractivity contribution is 5.73. The molecule has 1 amide bonds. The standard InChI is InChI=1S/C15H19N5O2/c1-12(21)19-6-8-20(9-7-19)14-4-5-16-15(18-14)17-11-13-3-2-10-22-13/h2-5,10H,6-9,11H2,1H3,(H,16,17,18). The van der Waals surface area contributed by atoms with E-state index in [1.807, 2.05) is 23.1 Å². The molecule has 2 aromatic rings. The van der Waals surface area contributed by atoms with Gasteiger partial charge in [-0.25, -0.2) is 4.98 Å². The molecule has 0 bridgehead atoms. The van der Waals surface area contributed by atoms with Crippen LogP contribution in [0, 0.1) is 0 Å². The molecule has 2 aromatic heterocycles. The van der Waals surface area contributed by atoms with Crippen LogP contribution in [0.15, 0.2) is 35.1 Å². The Labute approximate surface area is 129 Å². The number of amides is 1. The molecule has 1 N–H and O–H groups in total. The van der Waals surface area contributed by atoms with Gasteiger partial charge >= 0.3 is 0 Å². The van der Waals surface area contributed by atoms with E-state index in [0.29, 0.717) is 12.5 Å². The van der Waals surface area contributed by atoms with Crippen LogP contribution >= 0.6 is 0 Å². The second-order valence-corrected chi connectivity index (χ2v) is 5.16. The predicted octanol–water partition coefficient (Wildman–Crippen LogP) is 1.35. The molecule has 7 nitrogen and oxygen atoms in total. The first kappa shape index (κ1) is 14.4. The maximum Gasteiger partial charge on any atom is 0.224 e. The minimum atomic E-state index is 0.128. The molecule has 0 atom stereocenters. The van der Waals surface area contributed by atoms with Crippen molar-refractivity contribution in [2.45, 2.75) is 13.5 Å². The summed E-state index contributed by atoms with van der Waals surface area (Å²) in [6.07, 6.45) is 3.38. The summed E-state index contributed by atoms with van der Waals surface area (Å²) in [6.45, 7) is 5.19. The second-order valence-electron chi connectivity index (χ2n) is 5.16. The van der Waals surface area contributed by atoms with Crippen LogP contribution in [0.4, 0.5) is 11.8 Å². The first-order valence-electron chi connectivity index (χ1n) is 7.32. The van der Waals surface area contributed by atoms with E-state index >= 15 is 0 Å². The number of rotatable bonds is 4. The topological polar surface area (TPSA) is 74.5 Å². The summed E-state index contributed by atoms with van der Waals surface area (Å²) >= 11 is 0. The average molecular weight is 301 g/mol. The molecule has 0 aromatic carbocycles. The lowest BCUT2D eigenvalue weighted by Crippen LogP contribution is -2.48. The summed E-state index contributed by atoms with van der Waals surface area (Å²) in [5.41, 5.74) is 0. The van der Waals surface area contributed by atoms with E-state index < -0.39 is 0 Å². The lowest BCUT2D eigenvalue weighted by atomic mass is 10.3. The molecule has 0 spiro atoms. The van der Waals surface area contributed by atoms with Gasteiger partial charge in [0.15, 0.2) is 0 Å². The third kappa shape index (κ3) is 3.36. The Morgan fingerprint density at radius 1 is 1.32 bits per heavy atom. The van der Waals surface area contributed by atoms with Crippen LogP contribution in [0.25, 0.3) is 0 Å². The quantitative estimate of drug-likeness (QED) is 0.919. The molecule has 0 aliphatic carbocycles. The van der Waals surface area contributed by atoms with Crippen LogP contribution in [0.1, 0.15) is 12.7 Å². The van der Waals surface area contributed by atoms with E-state index in [1.165, 1.54) is 0 Å². The third-order valence-electron chi connectivity index (χ3n) is 3.69. The monoisotopic (exact) mass is 301 g/mol. The smallest absolute Gasteiger partial charge is 0.224 e. The highest BCUT2D eigenvalue weighted by atomic mass is 16.3. The van der Waals surface area contributed by atoms with Crippen molar-refractivity contribution in [3.05, 3.63) is 36.4 Å². The van der Waals surface area contributed by atoms with Crippen molar-refractivity contribution in [1.29, 1.82) is 0 Å². The van der Waals surface area contributed by atoms with E-state index in [-0.39, 0.29) is 5.91 Å². The third-order valence-corrected chi connectivity index (χ3v) is 3.69. The molecule has 1 aliphatic heterocycles. The van der Waals surface area contributed by atoms with Crippen LogP contribution < -0.4 is 10.2 Å². The van der Waals surface area contributed by atoms with Crippen molar-refractivity contribution >= 4 is 17.7 Å². The van der Waals surface area contributed by atoms with Gasteiger partial charge in [-0.15, -0.1) is 0 Å². The highest BCUT2D eigenvalue weighted by Crippen LogP contribution is 2.15. The van der Waals surface area contributed by atoms with Gasteiger partial charge in [0.2, 0.25) is 11.9 Å². The largest absolute Gasteiger partial charge is 0.467 e. The SMILES string of the molecule is CC(=O)N1CCN(c2ccnc(NCc3ccco3)n2)CC1. The molecule has 0 unspecified atom stereocenters. The van der Waals surface area contributed by atoms with Gasteiger partial charge in [-0.3, -0.25) is 4.79 Å². The van der Waals surface area contributed by atoms with E-state index in [2.05, 4.69) is 20.2 Å². The summed E-state index contributed by atoms with van der Waals surface area (Å²) in [5, 5.41) is 3.15. The van der Waals surface area contributed by atoms with Crippen LogP contribution in [0.3, 0.4) is 0 Å². The Bertz CT molecular complexity index is 621. The molecular formula is C15H19N5O2. The van der Waals surface area contributed by atoms with Gasteiger partial charge < -0.3 is 19.5 Å². The maximum atomic E-state index is 11.4. The Balaban J connectivity index is 1.60. The van der Waals surface area contributed by atoms with Crippen LogP contribution in [0.2, 0.25) is 0 Å². The number of carbonyl (C=O) groups excluding carboxylic acids is 1. The second kappa shape index (κ2) is 6.46. The van der Waals surface area contributed by atoms with Crippen molar-refractivity contribution < 1.29 is 9.21 Å². The van der Waals surface area contributed by atoms with E-state index in [0.717, 1.165) is 37.8 Å². The summed E-state index contributed by atoms with van der Waals surface area (Å²) in [5.74, 6) is 2.41. The van der Waals surface area contributed by atoms with Gasteiger partial charge in [0.1, 0.15) is 11.6 Å². The number of furan rings is 1. The zero-order chi connectivity index (χ0) is 15.4. The number of aromatic nitrogens is 2. The van der Waals surface area contributed by atoms with Gasteiger partial charge in [-0.05, 0) is 18.2 Å². The number of nitrogens with one attached hydrogen (secondary N) is 1. The molecule has 1 fully saturated rings. The number of nitrogens with zero attached hydrogens (tertiary/aromatic N) is 4. The normalized spacial score (nSPS) is 15.0. The van der Waals surface area contributed by atoms with Crippen LogP contribution in [-0.4, -0.2) is 47.0 Å². The number of hydrogen-bond acceptors (Lipinski definition) is 6. The number of piperazine rings is 1. The molecule has 0 saturated carbocycles. The molecular weight excluding hydrogens is 282 g/mol. The zero-order valence-electron chi connectivity index (χ0n) is 12.5. The number of anilines is 2. The van der Waals surface area contributed by atoms with E-state index in [4.69, 9.17) is 4.42 Å². The number of carbonyl (C=O) groups is 1. The molecule has 0 radical (unpaired) electrons. The van der Waals surface area contributed by atoms with Gasteiger partial charge in [0, 0.05) is 39.3 Å². The van der Waals surface area contributed by atoms with Crippen molar-refractivity contribution in [1.82, 2.24) is 14.9 Å². The van der Waals surface area contributed by atoms with Crippen molar-refractivity contribution in [2.24, 2.45) is 0 Å². The lowest BCUT2D eigenvalue weighted by molar-refractivity contribution is -0.129. The lowest BCUT2D eigenvalue weighted by Gasteiger charge is -2.34. The first-order valence-corrected chi connectivity index (χ1v) is 7.32. The van der Waals surface area contributed by atoms with E-state index in [9.17, 15) is 4.79 Å². The average Bonchev–Trinajstić information content (AvgIpc) is 3.07. The van der Waals surface area contributed by atoms with Gasteiger partial charge in [0.05, 0.1) is 12.8 Å². The zero-order valence-corrected chi connectivity index (χ0v) is 12.5. The van der Waals surface area contributed by atoms with Crippen molar-refractivity contribution in [3.8, 4) is 0 Å². The van der Waals surface area contributed by atoms with E-state index in [1.54, 1.807) is 19.4 Å². The summed E-state index contributed by atoms with van der Waals surface area (Å²) < 4.78 is 5.27. The summed E-state index contributed by atoms with van der Waals surface area (Å²) in [6, 6.07) is 5.64. The minimum Gasteiger partial charge on any atom is -0.467 e. The summed E-state index contributed by atoms with van der Waals surface area (Å²) in [4.78, 5) is 24.1. The Morgan fingerprint density at radius 2 is 2.14 bits per heavy atom. The maximum absolute atomic E-state index is 11.4. The minimum absolute atomic E-state index is 0.128. The van der Waals surface area contributed by atoms with Gasteiger partial charge in [0.25, 0.3) is 0 Å². The molecule has 1 aliphatic rings. The highest BCUT2D eigenvalue weighted by Gasteiger charge is 2.19. The Morgan fingerprint density at radius 3 is 2.82 bits per heavy atom. The van der Waals surface area contributed by atoms with Gasteiger partial charge in [-0.1, -0.05) is 0 Å². The van der Waals surface area contributed by atoms with Crippen LogP contribution in [-0.2, 0) is 11.3 Å². The molecule has 22 heavy (non-hydrogen) atoms. The molecule has 116 valence electrons. The van der Waals surface area contributed by atoms with Crippen molar-refractivity contribution in [3.63, 3.8) is 0 Å². The Hall–Kier alpha value is -2.57. The fourth-order valence-electron chi connectivity index (χ4n) is 2.44. The predicted molar refractivity (Wildman–Crippen MR) is 82.5 cm³/mol. The fraction of sp³-hybridized carbons (Fsp3) is 0.400. The van der Waals surface area contributed by atoms with Crippen LogP contribution in [0.5, 0.6) is 0 Å². The molecule has 3 heterocycles. The van der Waals surface area contributed by atoms with Crippen molar-refractivity contribution in [2.75, 3.05) is 36.4 Å². The molecule has 1 saturated heterocycles.